The molecule has 1 fully saturated rings. The Hall–Kier alpha value is -1.88. The van der Waals surface area contributed by atoms with Crippen molar-refractivity contribution in [2.45, 2.75) is 25.9 Å². The second kappa shape index (κ2) is 7.78. The van der Waals surface area contributed by atoms with Crippen LogP contribution in [0.4, 0.5) is 0 Å². The van der Waals surface area contributed by atoms with Crippen LogP contribution in [0, 0.1) is 0 Å². The molecule has 2 amide bonds. The molecule has 0 radical (unpaired) electrons. The first-order valence-corrected chi connectivity index (χ1v) is 7.34. The van der Waals surface area contributed by atoms with Gasteiger partial charge >= 0.3 is 0 Å². The van der Waals surface area contributed by atoms with E-state index in [9.17, 15) is 9.59 Å². The van der Waals surface area contributed by atoms with Crippen LogP contribution in [-0.2, 0) is 16.1 Å². The number of ether oxygens (including phenoxy) is 1. The van der Waals surface area contributed by atoms with Gasteiger partial charge in [0.1, 0.15) is 0 Å². The van der Waals surface area contributed by atoms with Crippen molar-refractivity contribution in [1.29, 1.82) is 0 Å². The number of rotatable bonds is 6. The van der Waals surface area contributed by atoms with E-state index in [4.69, 9.17) is 4.74 Å². The van der Waals surface area contributed by atoms with Crippen LogP contribution in [0.1, 0.15) is 35.2 Å². The number of likely N-dealkylation sites (tertiary alicyclic amines) is 1. The zero-order valence-electron chi connectivity index (χ0n) is 12.4. The van der Waals surface area contributed by atoms with E-state index in [-0.39, 0.29) is 11.8 Å². The molecule has 114 valence electrons. The maximum absolute atomic E-state index is 12.0. The third-order valence-corrected chi connectivity index (χ3v) is 3.58. The van der Waals surface area contributed by atoms with Gasteiger partial charge in [-0.2, -0.15) is 0 Å². The number of amides is 2. The second-order valence-electron chi connectivity index (χ2n) is 5.23. The number of nitrogens with zero attached hydrogens (tertiary/aromatic N) is 1. The highest BCUT2D eigenvalue weighted by Crippen LogP contribution is 2.09. The molecule has 1 aromatic carbocycles. The highest BCUT2D eigenvalue weighted by molar-refractivity contribution is 5.94. The maximum atomic E-state index is 12.0. The van der Waals surface area contributed by atoms with Gasteiger partial charge in [0.25, 0.3) is 5.91 Å². The molecule has 1 N–H and O–H groups in total. The number of carbonyl (C=O) groups is 2. The Labute approximate surface area is 125 Å². The lowest BCUT2D eigenvalue weighted by Crippen LogP contribution is -2.32. The van der Waals surface area contributed by atoms with E-state index in [0.717, 1.165) is 31.5 Å². The van der Waals surface area contributed by atoms with Crippen molar-refractivity contribution in [1.82, 2.24) is 10.2 Å². The molecule has 0 spiro atoms. The van der Waals surface area contributed by atoms with E-state index in [1.54, 1.807) is 19.2 Å². The van der Waals surface area contributed by atoms with E-state index in [0.29, 0.717) is 25.1 Å². The third kappa shape index (κ3) is 4.56. The molecule has 5 heteroatoms. The fraction of sp³-hybridized carbons (Fsp3) is 0.500. The number of hydrogen-bond donors (Lipinski definition) is 1. The summed E-state index contributed by atoms with van der Waals surface area (Å²) in [7, 11) is 1.62. The molecule has 0 aliphatic carbocycles. The fourth-order valence-electron chi connectivity index (χ4n) is 2.48. The zero-order chi connectivity index (χ0) is 15.1. The van der Waals surface area contributed by atoms with Gasteiger partial charge in [-0.15, -0.1) is 0 Å². The molecule has 21 heavy (non-hydrogen) atoms. The van der Waals surface area contributed by atoms with Gasteiger partial charge in [0, 0.05) is 38.7 Å². The van der Waals surface area contributed by atoms with Gasteiger partial charge in [-0.05, 0) is 30.5 Å². The van der Waals surface area contributed by atoms with E-state index < -0.39 is 0 Å². The van der Waals surface area contributed by atoms with Crippen LogP contribution in [0.25, 0.3) is 0 Å². The minimum absolute atomic E-state index is 0.126. The van der Waals surface area contributed by atoms with E-state index in [1.807, 2.05) is 17.0 Å². The standard InChI is InChI=1S/C16H22N2O3/c1-21-12-13-5-4-6-14(11-13)16(20)17-8-7-15(19)18-9-2-3-10-18/h4-6,11H,2-3,7-10,12H2,1H3,(H,17,20). The van der Waals surface area contributed by atoms with Gasteiger partial charge in [0.05, 0.1) is 6.61 Å². The SMILES string of the molecule is COCc1cccc(C(=O)NCCC(=O)N2CCCC2)c1. The van der Waals surface area contributed by atoms with Crippen LogP contribution in [0.5, 0.6) is 0 Å². The molecule has 1 aromatic rings. The second-order valence-corrected chi connectivity index (χ2v) is 5.23. The Bertz CT molecular complexity index is 496. The van der Waals surface area contributed by atoms with E-state index in [2.05, 4.69) is 5.32 Å². The minimum atomic E-state index is -0.151. The number of nitrogens with one attached hydrogen (secondary N) is 1. The first-order valence-electron chi connectivity index (χ1n) is 7.34. The summed E-state index contributed by atoms with van der Waals surface area (Å²) in [5.41, 5.74) is 1.55. The van der Waals surface area contributed by atoms with Crippen LogP contribution >= 0.6 is 0 Å². The first kappa shape index (κ1) is 15.5. The molecule has 1 aliphatic heterocycles. The molecule has 1 saturated heterocycles. The predicted molar refractivity (Wildman–Crippen MR) is 79.9 cm³/mol. The molecule has 2 rings (SSSR count). The van der Waals surface area contributed by atoms with Crippen molar-refractivity contribution in [3.63, 3.8) is 0 Å². The summed E-state index contributed by atoms with van der Waals surface area (Å²) in [6.45, 7) is 2.56. The van der Waals surface area contributed by atoms with Crippen LogP contribution in [0.15, 0.2) is 24.3 Å². The lowest BCUT2D eigenvalue weighted by atomic mass is 10.1. The molecular formula is C16H22N2O3. The molecule has 0 atom stereocenters. The van der Waals surface area contributed by atoms with Crippen LogP contribution in [-0.4, -0.2) is 43.5 Å². The Kier molecular flexibility index (Phi) is 5.75. The Morgan fingerprint density at radius 2 is 2.05 bits per heavy atom. The van der Waals surface area contributed by atoms with Gasteiger partial charge in [-0.3, -0.25) is 9.59 Å². The van der Waals surface area contributed by atoms with Crippen molar-refractivity contribution in [3.05, 3.63) is 35.4 Å². The normalized spacial score (nSPS) is 14.2. The summed E-state index contributed by atoms with van der Waals surface area (Å²) in [6, 6.07) is 7.31. The molecule has 0 unspecified atom stereocenters. The maximum Gasteiger partial charge on any atom is 0.251 e. The highest BCUT2D eigenvalue weighted by Gasteiger charge is 2.17. The molecule has 0 bridgehead atoms. The number of hydrogen-bond acceptors (Lipinski definition) is 3. The smallest absolute Gasteiger partial charge is 0.251 e. The third-order valence-electron chi connectivity index (χ3n) is 3.58. The summed E-state index contributed by atoms with van der Waals surface area (Å²) in [5, 5.41) is 2.80. The van der Waals surface area contributed by atoms with Crippen molar-refractivity contribution in [3.8, 4) is 0 Å². The fourth-order valence-corrected chi connectivity index (χ4v) is 2.48. The van der Waals surface area contributed by atoms with Gasteiger partial charge in [-0.25, -0.2) is 0 Å². The number of carbonyl (C=O) groups excluding carboxylic acids is 2. The average Bonchev–Trinajstić information content (AvgIpc) is 3.02. The summed E-state index contributed by atoms with van der Waals surface area (Å²) in [5.74, 6) is -0.0249. The van der Waals surface area contributed by atoms with Crippen molar-refractivity contribution < 1.29 is 14.3 Å². The van der Waals surface area contributed by atoms with Crippen molar-refractivity contribution in [2.75, 3.05) is 26.7 Å². The first-order chi connectivity index (χ1) is 10.2. The summed E-state index contributed by atoms with van der Waals surface area (Å²) < 4.78 is 5.05. The number of benzene rings is 1. The van der Waals surface area contributed by atoms with Crippen LogP contribution in [0.2, 0.25) is 0 Å². The Morgan fingerprint density at radius 1 is 1.29 bits per heavy atom. The lowest BCUT2D eigenvalue weighted by molar-refractivity contribution is -0.129. The largest absolute Gasteiger partial charge is 0.380 e. The van der Waals surface area contributed by atoms with Gasteiger partial charge in [0.15, 0.2) is 0 Å². The Balaban J connectivity index is 1.78. The number of methoxy groups -OCH3 is 1. The average molecular weight is 290 g/mol. The van der Waals surface area contributed by atoms with Crippen LogP contribution < -0.4 is 5.32 Å². The minimum Gasteiger partial charge on any atom is -0.380 e. The van der Waals surface area contributed by atoms with Gasteiger partial charge < -0.3 is 15.0 Å². The summed E-state index contributed by atoms with van der Waals surface area (Å²) in [4.78, 5) is 25.8. The molecule has 1 aliphatic rings. The highest BCUT2D eigenvalue weighted by atomic mass is 16.5. The molecule has 0 aromatic heterocycles. The van der Waals surface area contributed by atoms with Gasteiger partial charge in [-0.1, -0.05) is 12.1 Å². The Morgan fingerprint density at radius 3 is 2.76 bits per heavy atom. The lowest BCUT2D eigenvalue weighted by Gasteiger charge is -2.15. The quantitative estimate of drug-likeness (QED) is 0.865. The van der Waals surface area contributed by atoms with Crippen LogP contribution in [0.3, 0.4) is 0 Å². The predicted octanol–water partition coefficient (Wildman–Crippen LogP) is 1.58. The summed E-state index contributed by atoms with van der Waals surface area (Å²) in [6.07, 6.45) is 2.54. The van der Waals surface area contributed by atoms with Crippen molar-refractivity contribution in [2.24, 2.45) is 0 Å². The molecule has 1 heterocycles. The molecular weight excluding hydrogens is 268 g/mol. The monoisotopic (exact) mass is 290 g/mol. The molecule has 5 nitrogen and oxygen atoms in total. The van der Waals surface area contributed by atoms with Crippen molar-refractivity contribution >= 4 is 11.8 Å². The molecule has 0 saturated carbocycles. The topological polar surface area (TPSA) is 58.6 Å². The summed E-state index contributed by atoms with van der Waals surface area (Å²) >= 11 is 0. The van der Waals surface area contributed by atoms with Gasteiger partial charge in [0.2, 0.25) is 5.91 Å². The van der Waals surface area contributed by atoms with E-state index in [1.165, 1.54) is 0 Å². The van der Waals surface area contributed by atoms with E-state index >= 15 is 0 Å². The zero-order valence-corrected chi connectivity index (χ0v) is 12.4.